The summed E-state index contributed by atoms with van der Waals surface area (Å²) >= 11 is 0. The maximum absolute atomic E-state index is 6.44. The molecule has 0 saturated heterocycles. The van der Waals surface area contributed by atoms with E-state index in [4.69, 9.17) is 4.42 Å². The van der Waals surface area contributed by atoms with Gasteiger partial charge >= 0.3 is 0 Å². The van der Waals surface area contributed by atoms with Crippen LogP contribution < -0.4 is 0 Å². The first-order valence-corrected chi connectivity index (χ1v) is 16.2. The molecule has 0 amide bonds. The first kappa shape index (κ1) is 26.1. The largest absolute Gasteiger partial charge is 0.455 e. The van der Waals surface area contributed by atoms with Crippen LogP contribution >= 0.6 is 0 Å². The highest BCUT2D eigenvalue weighted by atomic mass is 16.3. The van der Waals surface area contributed by atoms with E-state index in [1.165, 1.54) is 71.1 Å². The van der Waals surface area contributed by atoms with Gasteiger partial charge in [-0.1, -0.05) is 152 Å². The Morgan fingerprint density at radius 1 is 0.298 bits per heavy atom. The van der Waals surface area contributed by atoms with Crippen molar-refractivity contribution in [2.45, 2.75) is 0 Å². The first-order valence-electron chi connectivity index (χ1n) is 16.2. The van der Waals surface area contributed by atoms with Crippen LogP contribution in [0.1, 0.15) is 0 Å². The van der Waals surface area contributed by atoms with E-state index in [0.717, 1.165) is 27.3 Å². The fourth-order valence-electron chi connectivity index (χ4n) is 7.78. The molecule has 1 aromatic heterocycles. The summed E-state index contributed by atoms with van der Waals surface area (Å²) in [5, 5.41) is 12.2. The number of hydrogen-bond donors (Lipinski definition) is 0. The molecule has 0 spiro atoms. The third-order valence-electron chi connectivity index (χ3n) is 9.86. The van der Waals surface area contributed by atoms with Gasteiger partial charge in [0.2, 0.25) is 0 Å². The van der Waals surface area contributed by atoms with Crippen molar-refractivity contribution < 1.29 is 4.42 Å². The van der Waals surface area contributed by atoms with Crippen molar-refractivity contribution in [2.75, 3.05) is 0 Å². The summed E-state index contributed by atoms with van der Waals surface area (Å²) in [5.41, 5.74) is 9.32. The van der Waals surface area contributed by atoms with Gasteiger partial charge in [0.25, 0.3) is 0 Å². The molecule has 0 radical (unpaired) electrons. The Morgan fingerprint density at radius 2 is 0.851 bits per heavy atom. The van der Waals surface area contributed by atoms with Gasteiger partial charge in [-0.25, -0.2) is 0 Å². The molecule has 47 heavy (non-hydrogen) atoms. The molecule has 10 rings (SSSR count). The van der Waals surface area contributed by atoms with Crippen LogP contribution in [0.2, 0.25) is 0 Å². The second-order valence-corrected chi connectivity index (χ2v) is 12.4. The van der Waals surface area contributed by atoms with Crippen molar-refractivity contribution in [3.8, 4) is 33.4 Å². The van der Waals surface area contributed by atoms with Gasteiger partial charge in [0.15, 0.2) is 0 Å². The van der Waals surface area contributed by atoms with Crippen molar-refractivity contribution >= 4 is 65.0 Å². The number of hydrogen-bond acceptors (Lipinski definition) is 1. The fraction of sp³-hybridized carbons (Fsp3) is 0. The molecule has 0 unspecified atom stereocenters. The number of furan rings is 1. The zero-order valence-electron chi connectivity index (χ0n) is 25.6. The highest BCUT2D eigenvalue weighted by molar-refractivity contribution is 6.24. The number of rotatable bonds is 3. The van der Waals surface area contributed by atoms with Crippen LogP contribution in [0.15, 0.2) is 174 Å². The average Bonchev–Trinajstić information content (AvgIpc) is 3.52. The summed E-state index contributed by atoms with van der Waals surface area (Å²) in [4.78, 5) is 0. The Labute approximate surface area is 271 Å². The third kappa shape index (κ3) is 3.90. The minimum atomic E-state index is 0.914. The second-order valence-electron chi connectivity index (χ2n) is 12.4. The first-order chi connectivity index (χ1) is 23.3. The van der Waals surface area contributed by atoms with Gasteiger partial charge in [0.1, 0.15) is 11.2 Å². The molecular formula is C46H28O. The Balaban J connectivity index is 1.23. The van der Waals surface area contributed by atoms with Crippen LogP contribution in [0.3, 0.4) is 0 Å². The van der Waals surface area contributed by atoms with E-state index in [9.17, 15) is 0 Å². The Kier molecular flexibility index (Phi) is 5.64. The van der Waals surface area contributed by atoms with Crippen molar-refractivity contribution in [3.63, 3.8) is 0 Å². The van der Waals surface area contributed by atoms with E-state index in [-0.39, 0.29) is 0 Å². The predicted molar refractivity (Wildman–Crippen MR) is 200 cm³/mol. The summed E-state index contributed by atoms with van der Waals surface area (Å²) in [6.07, 6.45) is 0. The summed E-state index contributed by atoms with van der Waals surface area (Å²) < 4.78 is 6.44. The van der Waals surface area contributed by atoms with Gasteiger partial charge in [-0.05, 0) is 89.3 Å². The van der Waals surface area contributed by atoms with E-state index in [1.807, 2.05) is 0 Å². The van der Waals surface area contributed by atoms with Crippen molar-refractivity contribution in [2.24, 2.45) is 0 Å². The average molecular weight is 597 g/mol. The number of fused-ring (bicyclic) bond motifs is 8. The lowest BCUT2D eigenvalue weighted by molar-refractivity contribution is 0.672. The highest BCUT2D eigenvalue weighted by Crippen LogP contribution is 2.46. The van der Waals surface area contributed by atoms with Gasteiger partial charge in [-0.3, -0.25) is 0 Å². The standard InChI is InChI=1S/C46H28O/c1-2-13-30(14-3-1)44-36-18-8-10-20-38(36)45(39-21-11-9-19-37(39)44)40-26-25-32(34-16-6-7-17-35(34)40)31-23-27-43-42(28-31)41-24-22-29-12-4-5-15-33(29)46(41)47-43/h1-28H. The topological polar surface area (TPSA) is 13.1 Å². The van der Waals surface area contributed by atoms with E-state index >= 15 is 0 Å². The van der Waals surface area contributed by atoms with Crippen LogP contribution in [0, 0.1) is 0 Å². The Morgan fingerprint density at radius 3 is 1.55 bits per heavy atom. The zero-order valence-corrected chi connectivity index (χ0v) is 25.6. The summed E-state index contributed by atoms with van der Waals surface area (Å²) in [5.74, 6) is 0. The van der Waals surface area contributed by atoms with Crippen LogP contribution in [0.25, 0.3) is 98.4 Å². The molecule has 0 saturated carbocycles. The molecule has 218 valence electrons. The number of benzene rings is 9. The molecule has 1 heteroatoms. The maximum atomic E-state index is 6.44. The monoisotopic (exact) mass is 596 g/mol. The van der Waals surface area contributed by atoms with E-state index < -0.39 is 0 Å². The third-order valence-corrected chi connectivity index (χ3v) is 9.86. The molecule has 0 N–H and O–H groups in total. The van der Waals surface area contributed by atoms with Crippen molar-refractivity contribution in [1.82, 2.24) is 0 Å². The minimum absolute atomic E-state index is 0.914. The van der Waals surface area contributed by atoms with Crippen molar-refractivity contribution in [1.29, 1.82) is 0 Å². The highest BCUT2D eigenvalue weighted by Gasteiger charge is 2.19. The fourth-order valence-corrected chi connectivity index (χ4v) is 7.78. The van der Waals surface area contributed by atoms with Crippen molar-refractivity contribution in [3.05, 3.63) is 170 Å². The normalized spacial score (nSPS) is 11.8. The van der Waals surface area contributed by atoms with Crippen LogP contribution in [0.5, 0.6) is 0 Å². The van der Waals surface area contributed by atoms with E-state index in [1.54, 1.807) is 0 Å². The van der Waals surface area contributed by atoms with Gasteiger partial charge in [0.05, 0.1) is 0 Å². The minimum Gasteiger partial charge on any atom is -0.455 e. The second kappa shape index (κ2) is 10.2. The molecule has 0 aliphatic carbocycles. The maximum Gasteiger partial charge on any atom is 0.143 e. The van der Waals surface area contributed by atoms with Crippen LogP contribution in [0.4, 0.5) is 0 Å². The smallest absolute Gasteiger partial charge is 0.143 e. The van der Waals surface area contributed by atoms with E-state index in [2.05, 4.69) is 170 Å². The SMILES string of the molecule is c1ccc(-c2c3ccccc3c(-c3ccc(-c4ccc5oc6c7ccccc7ccc6c5c4)c4ccccc34)c3ccccc23)cc1. The molecule has 0 aliphatic rings. The van der Waals surface area contributed by atoms with Gasteiger partial charge < -0.3 is 4.42 Å². The quantitative estimate of drug-likeness (QED) is 0.185. The summed E-state index contributed by atoms with van der Waals surface area (Å²) in [6, 6.07) is 61.5. The molecule has 0 fully saturated rings. The lowest BCUT2D eigenvalue weighted by Crippen LogP contribution is -1.92. The van der Waals surface area contributed by atoms with Crippen LogP contribution in [-0.2, 0) is 0 Å². The predicted octanol–water partition coefficient (Wildman–Crippen LogP) is 13.2. The summed E-state index contributed by atoms with van der Waals surface area (Å²) in [7, 11) is 0. The summed E-state index contributed by atoms with van der Waals surface area (Å²) in [6.45, 7) is 0. The van der Waals surface area contributed by atoms with E-state index in [0.29, 0.717) is 0 Å². The van der Waals surface area contributed by atoms with Crippen LogP contribution in [-0.4, -0.2) is 0 Å². The molecule has 9 aromatic carbocycles. The van der Waals surface area contributed by atoms with Gasteiger partial charge in [-0.15, -0.1) is 0 Å². The molecule has 0 bridgehead atoms. The van der Waals surface area contributed by atoms with Gasteiger partial charge in [0, 0.05) is 16.2 Å². The Hall–Kier alpha value is -6.18. The molecular weight excluding hydrogens is 569 g/mol. The lowest BCUT2D eigenvalue weighted by atomic mass is 9.84. The molecule has 0 aliphatic heterocycles. The van der Waals surface area contributed by atoms with Gasteiger partial charge in [-0.2, -0.15) is 0 Å². The molecule has 1 nitrogen and oxygen atoms in total. The Bertz CT molecular complexity index is 2780. The molecule has 0 atom stereocenters. The zero-order chi connectivity index (χ0) is 30.9. The lowest BCUT2D eigenvalue weighted by Gasteiger charge is -2.19. The molecule has 10 aromatic rings. The molecule has 1 heterocycles.